The van der Waals surface area contributed by atoms with Crippen molar-refractivity contribution in [3.8, 4) is 5.75 Å². The molecular weight excluding hydrogens is 338 g/mol. The van der Waals surface area contributed by atoms with Gasteiger partial charge in [0.1, 0.15) is 18.1 Å². The van der Waals surface area contributed by atoms with Crippen LogP contribution in [0.25, 0.3) is 5.57 Å². The summed E-state index contributed by atoms with van der Waals surface area (Å²) in [5.41, 5.74) is 2.88. The number of aliphatic hydroxyl groups is 1. The van der Waals surface area contributed by atoms with Crippen molar-refractivity contribution in [2.75, 3.05) is 11.4 Å². The van der Waals surface area contributed by atoms with Crippen LogP contribution in [0.15, 0.2) is 90.7 Å². The summed E-state index contributed by atoms with van der Waals surface area (Å²) in [4.78, 5) is 14.4. The predicted molar refractivity (Wildman–Crippen MR) is 106 cm³/mol. The summed E-state index contributed by atoms with van der Waals surface area (Å²) >= 11 is 0. The molecule has 0 saturated carbocycles. The van der Waals surface area contributed by atoms with Crippen LogP contribution in [0.3, 0.4) is 0 Å². The topological polar surface area (TPSA) is 49.8 Å². The SMILES string of the molecule is O=C1C(c2ccc(OCc3ccccc3)cc2)=C(O)CN1c1ccccc1. The van der Waals surface area contributed by atoms with Gasteiger partial charge in [-0.15, -0.1) is 0 Å². The van der Waals surface area contributed by atoms with E-state index in [0.717, 1.165) is 11.3 Å². The van der Waals surface area contributed by atoms with Crippen molar-refractivity contribution >= 4 is 17.2 Å². The fourth-order valence-electron chi connectivity index (χ4n) is 3.12. The monoisotopic (exact) mass is 357 g/mol. The molecule has 0 fully saturated rings. The van der Waals surface area contributed by atoms with E-state index >= 15 is 0 Å². The minimum Gasteiger partial charge on any atom is -0.510 e. The average molecular weight is 357 g/mol. The third-order valence-electron chi connectivity index (χ3n) is 4.51. The molecule has 3 aromatic rings. The molecule has 134 valence electrons. The molecule has 1 aliphatic rings. The van der Waals surface area contributed by atoms with Gasteiger partial charge in [-0.2, -0.15) is 0 Å². The second kappa shape index (κ2) is 7.38. The maximum atomic E-state index is 12.8. The molecule has 0 spiro atoms. The molecule has 3 aromatic carbocycles. The van der Waals surface area contributed by atoms with Gasteiger partial charge >= 0.3 is 0 Å². The number of amides is 1. The molecule has 0 atom stereocenters. The predicted octanol–water partition coefficient (Wildman–Crippen LogP) is 4.58. The van der Waals surface area contributed by atoms with Gasteiger partial charge < -0.3 is 14.7 Å². The van der Waals surface area contributed by atoms with Crippen LogP contribution in [0, 0.1) is 0 Å². The number of rotatable bonds is 5. The summed E-state index contributed by atoms with van der Waals surface area (Å²) in [6, 6.07) is 26.5. The zero-order valence-corrected chi connectivity index (χ0v) is 14.7. The Labute approximate surface area is 158 Å². The quantitative estimate of drug-likeness (QED) is 0.727. The highest BCUT2D eigenvalue weighted by Crippen LogP contribution is 2.31. The highest BCUT2D eigenvalue weighted by molar-refractivity contribution is 6.29. The molecule has 0 bridgehead atoms. The lowest BCUT2D eigenvalue weighted by Gasteiger charge is -2.16. The van der Waals surface area contributed by atoms with Gasteiger partial charge in [0.05, 0.1) is 12.1 Å². The lowest BCUT2D eigenvalue weighted by Crippen LogP contribution is -2.26. The minimum absolute atomic E-state index is 0.0850. The number of anilines is 1. The summed E-state index contributed by atoms with van der Waals surface area (Å²) in [5, 5.41) is 10.4. The molecule has 1 heterocycles. The van der Waals surface area contributed by atoms with E-state index in [4.69, 9.17) is 4.74 Å². The number of carbonyl (C=O) groups excluding carboxylic acids is 1. The van der Waals surface area contributed by atoms with Crippen LogP contribution in [0.2, 0.25) is 0 Å². The average Bonchev–Trinajstić information content (AvgIpc) is 3.02. The van der Waals surface area contributed by atoms with Gasteiger partial charge in [0.25, 0.3) is 5.91 Å². The van der Waals surface area contributed by atoms with E-state index in [1.807, 2.05) is 72.8 Å². The smallest absolute Gasteiger partial charge is 0.262 e. The van der Waals surface area contributed by atoms with Crippen molar-refractivity contribution in [2.24, 2.45) is 0 Å². The number of aliphatic hydroxyl groups excluding tert-OH is 1. The Hall–Kier alpha value is -3.53. The summed E-state index contributed by atoms with van der Waals surface area (Å²) in [7, 11) is 0. The van der Waals surface area contributed by atoms with Gasteiger partial charge in [0, 0.05) is 5.69 Å². The van der Waals surface area contributed by atoms with Crippen LogP contribution < -0.4 is 9.64 Å². The van der Waals surface area contributed by atoms with Crippen molar-refractivity contribution in [3.63, 3.8) is 0 Å². The Morgan fingerprint density at radius 3 is 2.15 bits per heavy atom. The van der Waals surface area contributed by atoms with E-state index in [0.29, 0.717) is 23.5 Å². The second-order valence-corrected chi connectivity index (χ2v) is 6.35. The molecule has 1 amide bonds. The van der Waals surface area contributed by atoms with Crippen LogP contribution >= 0.6 is 0 Å². The molecule has 1 aliphatic heterocycles. The van der Waals surface area contributed by atoms with Gasteiger partial charge in [0.15, 0.2) is 0 Å². The number of nitrogens with zero attached hydrogens (tertiary/aromatic N) is 1. The fraction of sp³-hybridized carbons (Fsp3) is 0.0870. The first kappa shape index (κ1) is 16.9. The summed E-state index contributed by atoms with van der Waals surface area (Å²) in [6.07, 6.45) is 0. The van der Waals surface area contributed by atoms with E-state index in [1.54, 1.807) is 17.0 Å². The molecule has 0 aromatic heterocycles. The Balaban J connectivity index is 1.48. The Bertz CT molecular complexity index is 964. The zero-order valence-electron chi connectivity index (χ0n) is 14.7. The number of ether oxygens (including phenoxy) is 1. The van der Waals surface area contributed by atoms with E-state index in [2.05, 4.69) is 0 Å². The summed E-state index contributed by atoms with van der Waals surface area (Å²) in [6.45, 7) is 0.666. The molecular formula is C23H19NO3. The molecule has 27 heavy (non-hydrogen) atoms. The normalized spacial score (nSPS) is 13.9. The zero-order chi connectivity index (χ0) is 18.6. The van der Waals surface area contributed by atoms with Crippen molar-refractivity contribution in [2.45, 2.75) is 6.61 Å². The van der Waals surface area contributed by atoms with E-state index in [1.165, 1.54) is 0 Å². The van der Waals surface area contributed by atoms with Crippen LogP contribution in [-0.2, 0) is 11.4 Å². The third kappa shape index (κ3) is 3.55. The van der Waals surface area contributed by atoms with Crippen molar-refractivity contribution in [1.82, 2.24) is 0 Å². The third-order valence-corrected chi connectivity index (χ3v) is 4.51. The van der Waals surface area contributed by atoms with Crippen LogP contribution in [-0.4, -0.2) is 17.6 Å². The highest BCUT2D eigenvalue weighted by atomic mass is 16.5. The maximum absolute atomic E-state index is 12.8. The Kier molecular flexibility index (Phi) is 4.62. The van der Waals surface area contributed by atoms with E-state index < -0.39 is 0 Å². The van der Waals surface area contributed by atoms with Crippen LogP contribution in [0.4, 0.5) is 5.69 Å². The number of benzene rings is 3. The summed E-state index contributed by atoms with van der Waals surface area (Å²) < 4.78 is 5.78. The Morgan fingerprint density at radius 1 is 0.852 bits per heavy atom. The molecule has 0 aliphatic carbocycles. The first-order valence-corrected chi connectivity index (χ1v) is 8.78. The van der Waals surface area contributed by atoms with E-state index in [-0.39, 0.29) is 18.2 Å². The van der Waals surface area contributed by atoms with E-state index in [9.17, 15) is 9.90 Å². The fourth-order valence-corrected chi connectivity index (χ4v) is 3.12. The maximum Gasteiger partial charge on any atom is 0.262 e. The highest BCUT2D eigenvalue weighted by Gasteiger charge is 2.32. The second-order valence-electron chi connectivity index (χ2n) is 6.35. The minimum atomic E-state index is -0.198. The number of hydrogen-bond acceptors (Lipinski definition) is 3. The largest absolute Gasteiger partial charge is 0.510 e. The molecule has 0 radical (unpaired) electrons. The number of para-hydroxylation sites is 1. The lowest BCUT2D eigenvalue weighted by atomic mass is 10.1. The van der Waals surface area contributed by atoms with Crippen molar-refractivity contribution < 1.29 is 14.6 Å². The van der Waals surface area contributed by atoms with Gasteiger partial charge in [-0.1, -0.05) is 60.7 Å². The summed E-state index contributed by atoms with van der Waals surface area (Å²) in [5.74, 6) is 0.603. The molecule has 0 unspecified atom stereocenters. The standard InChI is InChI=1S/C23H19NO3/c25-21-15-24(19-9-5-2-6-10-19)23(26)22(21)18-11-13-20(14-12-18)27-16-17-7-3-1-4-8-17/h1-14,25H,15-16H2. The Morgan fingerprint density at radius 2 is 1.48 bits per heavy atom. The first-order chi connectivity index (χ1) is 13.2. The van der Waals surface area contributed by atoms with Crippen LogP contribution in [0.1, 0.15) is 11.1 Å². The number of hydrogen-bond donors (Lipinski definition) is 1. The van der Waals surface area contributed by atoms with Crippen molar-refractivity contribution in [1.29, 1.82) is 0 Å². The van der Waals surface area contributed by atoms with Gasteiger partial charge in [-0.05, 0) is 35.4 Å². The first-order valence-electron chi connectivity index (χ1n) is 8.78. The molecule has 4 heteroatoms. The van der Waals surface area contributed by atoms with Crippen molar-refractivity contribution in [3.05, 3.63) is 102 Å². The number of carbonyl (C=O) groups is 1. The molecule has 0 saturated heterocycles. The molecule has 4 nitrogen and oxygen atoms in total. The molecule has 1 N–H and O–H groups in total. The van der Waals surface area contributed by atoms with Gasteiger partial charge in [-0.3, -0.25) is 4.79 Å². The van der Waals surface area contributed by atoms with Gasteiger partial charge in [0.2, 0.25) is 0 Å². The molecule has 4 rings (SSSR count). The van der Waals surface area contributed by atoms with Gasteiger partial charge in [-0.25, -0.2) is 0 Å². The lowest BCUT2D eigenvalue weighted by molar-refractivity contribution is -0.112. The van der Waals surface area contributed by atoms with Crippen LogP contribution in [0.5, 0.6) is 5.75 Å².